The van der Waals surface area contributed by atoms with Gasteiger partial charge in [0.2, 0.25) is 5.91 Å². The molecule has 0 unspecified atom stereocenters. The van der Waals surface area contributed by atoms with E-state index in [0.717, 1.165) is 11.5 Å². The van der Waals surface area contributed by atoms with Crippen molar-refractivity contribution in [3.8, 4) is 0 Å². The van der Waals surface area contributed by atoms with Gasteiger partial charge in [-0.25, -0.2) is 4.79 Å². The Bertz CT molecular complexity index is 621. The summed E-state index contributed by atoms with van der Waals surface area (Å²) in [7, 11) is 1.56. The first-order chi connectivity index (χ1) is 9.50. The van der Waals surface area contributed by atoms with Crippen LogP contribution in [0, 0.1) is 6.92 Å². The molecule has 1 N–H and O–H groups in total. The van der Waals surface area contributed by atoms with Crippen LogP contribution in [-0.4, -0.2) is 38.2 Å². The van der Waals surface area contributed by atoms with Gasteiger partial charge in [-0.2, -0.15) is 9.47 Å². The quantitative estimate of drug-likeness (QED) is 0.900. The van der Waals surface area contributed by atoms with E-state index in [4.69, 9.17) is 5.11 Å². The van der Waals surface area contributed by atoms with E-state index >= 15 is 0 Å². The van der Waals surface area contributed by atoms with Crippen LogP contribution < -0.4 is 4.90 Å². The summed E-state index contributed by atoms with van der Waals surface area (Å²) in [6.07, 6.45) is 3.66. The van der Waals surface area contributed by atoms with Crippen molar-refractivity contribution in [2.45, 2.75) is 19.9 Å². The van der Waals surface area contributed by atoms with Gasteiger partial charge in [-0.05, 0) is 24.5 Å². The fraction of sp³-hybridized carbons (Fsp3) is 0.333. The van der Waals surface area contributed by atoms with Gasteiger partial charge in [0, 0.05) is 32.4 Å². The van der Waals surface area contributed by atoms with Crippen LogP contribution in [0.3, 0.4) is 0 Å². The Labute approximate surface area is 119 Å². The predicted molar refractivity (Wildman–Crippen MR) is 74.1 cm³/mol. The van der Waals surface area contributed by atoms with Gasteiger partial charge < -0.3 is 10.0 Å². The highest BCUT2D eigenvalue weighted by Crippen LogP contribution is 2.28. The Kier molecular flexibility index (Phi) is 4.14. The number of aromatic carboxylic acids is 1. The molecule has 0 aliphatic rings. The number of carboxylic acids is 1. The maximum absolute atomic E-state index is 12.1. The Hall–Kier alpha value is -2.22. The van der Waals surface area contributed by atoms with Crippen LogP contribution in [0.4, 0.5) is 5.00 Å². The minimum absolute atomic E-state index is 0.0879. The third-order valence-electron chi connectivity index (χ3n) is 2.85. The Morgan fingerprint density at radius 1 is 1.50 bits per heavy atom. The molecule has 106 valence electrons. The van der Waals surface area contributed by atoms with E-state index in [9.17, 15) is 9.59 Å². The molecule has 2 aromatic heterocycles. The molecule has 0 aliphatic heterocycles. The lowest BCUT2D eigenvalue weighted by Crippen LogP contribution is -2.27. The molecular formula is C12H14N4O3S. The van der Waals surface area contributed by atoms with Gasteiger partial charge in [0.25, 0.3) is 0 Å². The topological polar surface area (TPSA) is 88.3 Å². The smallest absolute Gasteiger partial charge is 0.340 e. The molecule has 7 nitrogen and oxygen atoms in total. The van der Waals surface area contributed by atoms with Crippen LogP contribution in [0.5, 0.6) is 0 Å². The summed E-state index contributed by atoms with van der Waals surface area (Å²) in [6.45, 7) is 2.07. The van der Waals surface area contributed by atoms with E-state index in [1.54, 1.807) is 37.1 Å². The SMILES string of the molecule is Cc1nsc(N(C)C(=O)CCn2cccn2)c1C(=O)O. The minimum Gasteiger partial charge on any atom is -0.478 e. The number of amides is 1. The number of carboxylic acid groups (broad SMARTS) is 1. The van der Waals surface area contributed by atoms with Gasteiger partial charge in [0.15, 0.2) is 0 Å². The van der Waals surface area contributed by atoms with Crippen LogP contribution in [-0.2, 0) is 11.3 Å². The summed E-state index contributed by atoms with van der Waals surface area (Å²) in [4.78, 5) is 24.6. The van der Waals surface area contributed by atoms with Gasteiger partial charge in [-0.3, -0.25) is 9.48 Å². The van der Waals surface area contributed by atoms with Gasteiger partial charge >= 0.3 is 5.97 Å². The number of nitrogens with zero attached hydrogens (tertiary/aromatic N) is 4. The monoisotopic (exact) mass is 294 g/mol. The average molecular weight is 294 g/mol. The van der Waals surface area contributed by atoms with Crippen molar-refractivity contribution in [2.24, 2.45) is 0 Å². The molecule has 0 aliphatic carbocycles. The number of carbonyl (C=O) groups excluding carboxylic acids is 1. The van der Waals surface area contributed by atoms with Crippen LogP contribution in [0.25, 0.3) is 0 Å². The summed E-state index contributed by atoms with van der Waals surface area (Å²) in [5.74, 6) is -1.25. The second kappa shape index (κ2) is 5.83. The number of aryl methyl sites for hydroxylation is 2. The molecule has 2 rings (SSSR count). The number of rotatable bonds is 5. The second-order valence-corrected chi connectivity index (χ2v) is 4.98. The Balaban J connectivity index is 2.09. The van der Waals surface area contributed by atoms with Crippen LogP contribution in [0.1, 0.15) is 22.5 Å². The highest BCUT2D eigenvalue weighted by Gasteiger charge is 2.23. The van der Waals surface area contributed by atoms with Gasteiger partial charge in [-0.15, -0.1) is 0 Å². The molecular weight excluding hydrogens is 280 g/mol. The van der Waals surface area contributed by atoms with Crippen molar-refractivity contribution < 1.29 is 14.7 Å². The first kappa shape index (κ1) is 14.2. The minimum atomic E-state index is -1.07. The Morgan fingerprint density at radius 2 is 2.25 bits per heavy atom. The zero-order valence-corrected chi connectivity index (χ0v) is 11.9. The van der Waals surface area contributed by atoms with E-state index in [-0.39, 0.29) is 17.9 Å². The van der Waals surface area contributed by atoms with Crippen molar-refractivity contribution in [1.29, 1.82) is 0 Å². The molecule has 0 aromatic carbocycles. The van der Waals surface area contributed by atoms with E-state index < -0.39 is 5.97 Å². The van der Waals surface area contributed by atoms with Gasteiger partial charge in [-0.1, -0.05) is 0 Å². The molecule has 0 saturated carbocycles. The van der Waals surface area contributed by atoms with Crippen molar-refractivity contribution in [3.05, 3.63) is 29.7 Å². The molecule has 0 bridgehead atoms. The number of anilines is 1. The third kappa shape index (κ3) is 2.85. The lowest BCUT2D eigenvalue weighted by molar-refractivity contribution is -0.118. The molecule has 0 atom stereocenters. The van der Waals surface area contributed by atoms with Crippen LogP contribution in [0.2, 0.25) is 0 Å². The summed E-state index contributed by atoms with van der Waals surface area (Å²) >= 11 is 1.02. The van der Waals surface area contributed by atoms with Gasteiger partial charge in [0.05, 0.1) is 5.69 Å². The highest BCUT2D eigenvalue weighted by molar-refractivity contribution is 7.11. The normalized spacial score (nSPS) is 10.5. The molecule has 8 heteroatoms. The first-order valence-electron chi connectivity index (χ1n) is 5.94. The van der Waals surface area contributed by atoms with Crippen LogP contribution >= 0.6 is 11.5 Å². The van der Waals surface area contributed by atoms with Crippen molar-refractivity contribution in [1.82, 2.24) is 14.2 Å². The fourth-order valence-electron chi connectivity index (χ4n) is 1.76. The lowest BCUT2D eigenvalue weighted by Gasteiger charge is -2.15. The van der Waals surface area contributed by atoms with Crippen molar-refractivity contribution in [3.63, 3.8) is 0 Å². The van der Waals surface area contributed by atoms with Crippen molar-refractivity contribution in [2.75, 3.05) is 11.9 Å². The van der Waals surface area contributed by atoms with Crippen LogP contribution in [0.15, 0.2) is 18.5 Å². The molecule has 0 radical (unpaired) electrons. The molecule has 20 heavy (non-hydrogen) atoms. The largest absolute Gasteiger partial charge is 0.478 e. The average Bonchev–Trinajstić information content (AvgIpc) is 3.03. The highest BCUT2D eigenvalue weighted by atomic mass is 32.1. The number of hydrogen-bond donors (Lipinski definition) is 1. The van der Waals surface area contributed by atoms with E-state index in [2.05, 4.69) is 9.47 Å². The molecule has 0 fully saturated rings. The summed E-state index contributed by atoms with van der Waals surface area (Å²) in [5.41, 5.74) is 0.508. The maximum atomic E-state index is 12.1. The zero-order chi connectivity index (χ0) is 14.7. The van der Waals surface area contributed by atoms with E-state index in [1.807, 2.05) is 0 Å². The maximum Gasteiger partial charge on any atom is 0.340 e. The summed E-state index contributed by atoms with van der Waals surface area (Å²) in [6, 6.07) is 1.78. The zero-order valence-electron chi connectivity index (χ0n) is 11.1. The fourth-order valence-corrected chi connectivity index (χ4v) is 2.62. The van der Waals surface area contributed by atoms with Crippen molar-refractivity contribution >= 4 is 28.4 Å². The summed E-state index contributed by atoms with van der Waals surface area (Å²) < 4.78 is 5.66. The molecule has 2 heterocycles. The second-order valence-electron chi connectivity index (χ2n) is 4.23. The third-order valence-corrected chi connectivity index (χ3v) is 3.87. The Morgan fingerprint density at radius 3 is 2.85 bits per heavy atom. The number of aromatic nitrogens is 3. The first-order valence-corrected chi connectivity index (χ1v) is 6.71. The number of carbonyl (C=O) groups is 2. The van der Waals surface area contributed by atoms with Gasteiger partial charge in [0.1, 0.15) is 10.6 Å². The molecule has 2 aromatic rings. The molecule has 1 amide bonds. The number of hydrogen-bond acceptors (Lipinski definition) is 5. The predicted octanol–water partition coefficient (Wildman–Crippen LogP) is 1.40. The standard InChI is InChI=1S/C12H14N4O3S/c1-8-10(12(18)19)11(20-14-8)15(2)9(17)4-7-16-6-3-5-13-16/h3,5-6H,4,7H2,1-2H3,(H,18,19). The summed E-state index contributed by atoms with van der Waals surface area (Å²) in [5, 5.41) is 13.5. The molecule has 0 saturated heterocycles. The van der Waals surface area contributed by atoms with E-state index in [0.29, 0.717) is 17.2 Å². The lowest BCUT2D eigenvalue weighted by atomic mass is 10.2. The molecule has 0 spiro atoms. The van der Waals surface area contributed by atoms with E-state index in [1.165, 1.54) is 4.90 Å².